The number of halogens is 1. The molecule has 3 rings (SSSR count). The molecule has 3 atom stereocenters. The van der Waals surface area contributed by atoms with Crippen LogP contribution in [-0.2, 0) is 11.2 Å². The number of nitrogens with two attached hydrogens (primary N) is 1. The van der Waals surface area contributed by atoms with Crippen molar-refractivity contribution in [3.63, 3.8) is 0 Å². The third-order valence-corrected chi connectivity index (χ3v) is 7.93. The molecule has 182 valence electrons. The number of hydrogen-bond acceptors (Lipinski definition) is 6. The van der Waals surface area contributed by atoms with Crippen molar-refractivity contribution >= 4 is 34.6 Å². The molecule has 0 spiro atoms. The average molecular weight is 493 g/mol. The lowest BCUT2D eigenvalue weighted by atomic mass is 10.0. The van der Waals surface area contributed by atoms with Gasteiger partial charge in [0.15, 0.2) is 0 Å². The van der Waals surface area contributed by atoms with Gasteiger partial charge < -0.3 is 20.5 Å². The first-order valence-electron chi connectivity index (χ1n) is 12.2. The Bertz CT molecular complexity index is 857. The fourth-order valence-electron chi connectivity index (χ4n) is 4.45. The second kappa shape index (κ2) is 13.3. The summed E-state index contributed by atoms with van der Waals surface area (Å²) in [7, 11) is 0. The molecule has 1 saturated heterocycles. The van der Waals surface area contributed by atoms with Crippen LogP contribution in [-0.4, -0.2) is 42.2 Å². The summed E-state index contributed by atoms with van der Waals surface area (Å²) < 4.78 is 5.11. The largest absolute Gasteiger partial charge is 0.460 e. The number of anilines is 1. The van der Waals surface area contributed by atoms with Crippen molar-refractivity contribution in [3.8, 4) is 0 Å². The second-order valence-electron chi connectivity index (χ2n) is 8.75. The van der Waals surface area contributed by atoms with Crippen LogP contribution >= 0.6 is 22.9 Å². The number of esters is 1. The molecule has 33 heavy (non-hydrogen) atoms. The lowest BCUT2D eigenvalue weighted by Gasteiger charge is -2.28. The molecule has 3 N–H and O–H groups in total. The number of hydrogen-bond donors (Lipinski definition) is 2. The van der Waals surface area contributed by atoms with Gasteiger partial charge in [-0.15, -0.1) is 22.9 Å². The molecule has 7 heteroatoms. The minimum absolute atomic E-state index is 0.134. The van der Waals surface area contributed by atoms with E-state index in [0.29, 0.717) is 17.5 Å². The maximum Gasteiger partial charge on any atom is 0.348 e. The smallest absolute Gasteiger partial charge is 0.348 e. The van der Waals surface area contributed by atoms with Crippen LogP contribution in [0.1, 0.15) is 78.1 Å². The Hall–Kier alpha value is -1.60. The molecule has 0 amide bonds. The second-order valence-corrected chi connectivity index (χ2v) is 10.5. The fraction of sp³-hybridized carbons (Fsp3) is 0.577. The summed E-state index contributed by atoms with van der Waals surface area (Å²) in [6.07, 6.45) is 7.72. The molecule has 0 saturated carbocycles. The van der Waals surface area contributed by atoms with Crippen LogP contribution in [0.25, 0.3) is 0 Å². The number of nitrogens with zero attached hydrogens (tertiary/aromatic N) is 1. The lowest BCUT2D eigenvalue weighted by Crippen LogP contribution is -2.33. The minimum atomic E-state index is -0.385. The molecular weight excluding hydrogens is 456 g/mol. The summed E-state index contributed by atoms with van der Waals surface area (Å²) in [5.41, 5.74) is 7.56. The standard InChI is InChI=1S/C26H37ClN2O3S/c1-2-3-4-8-24(30)19-9-11-20(12-10-19)29-17-15-22(27)23(29)7-5-6-21-13-14-25(33-21)26(31)32-18-16-28/h9-14,22-24,30H,2-8,15-18,28H2,1H3/t22?,23-,24+/m0/s1. The number of aryl methyl sites for hydroxylation is 1. The van der Waals surface area contributed by atoms with E-state index in [4.69, 9.17) is 22.1 Å². The molecular formula is C26H37ClN2O3S. The van der Waals surface area contributed by atoms with Crippen LogP contribution in [0.2, 0.25) is 0 Å². The molecule has 0 aliphatic carbocycles. The summed E-state index contributed by atoms with van der Waals surface area (Å²) in [6.45, 7) is 3.72. The van der Waals surface area contributed by atoms with Crippen molar-refractivity contribution in [1.29, 1.82) is 0 Å². The molecule has 5 nitrogen and oxygen atoms in total. The number of alkyl halides is 1. The Labute approximate surface area is 206 Å². The number of benzene rings is 1. The summed E-state index contributed by atoms with van der Waals surface area (Å²) in [4.78, 5) is 16.2. The van der Waals surface area contributed by atoms with Crippen molar-refractivity contribution in [2.45, 2.75) is 75.8 Å². The summed E-state index contributed by atoms with van der Waals surface area (Å²) in [5.74, 6) is -0.293. The molecule has 2 heterocycles. The number of thiophene rings is 1. The highest BCUT2D eigenvalue weighted by molar-refractivity contribution is 7.13. The number of unbranched alkanes of at least 4 members (excludes halogenated alkanes) is 2. The van der Waals surface area contributed by atoms with Crippen LogP contribution in [0.4, 0.5) is 5.69 Å². The van der Waals surface area contributed by atoms with Gasteiger partial charge in [-0.25, -0.2) is 4.79 Å². The third kappa shape index (κ3) is 7.44. The van der Waals surface area contributed by atoms with Crippen LogP contribution in [0.15, 0.2) is 36.4 Å². The predicted molar refractivity (Wildman–Crippen MR) is 138 cm³/mol. The van der Waals surface area contributed by atoms with Gasteiger partial charge in [0.2, 0.25) is 0 Å². The van der Waals surface area contributed by atoms with Crippen molar-refractivity contribution in [2.75, 3.05) is 24.6 Å². The topological polar surface area (TPSA) is 75.8 Å². The summed E-state index contributed by atoms with van der Waals surface area (Å²) in [6, 6.07) is 12.5. The highest BCUT2D eigenvalue weighted by atomic mass is 35.5. The number of rotatable bonds is 13. The highest BCUT2D eigenvalue weighted by Gasteiger charge is 2.32. The molecule has 0 bridgehead atoms. The van der Waals surface area contributed by atoms with Crippen molar-refractivity contribution in [1.82, 2.24) is 0 Å². The van der Waals surface area contributed by atoms with Crippen LogP contribution in [0.3, 0.4) is 0 Å². The maximum absolute atomic E-state index is 12.0. The zero-order chi connectivity index (χ0) is 23.6. The van der Waals surface area contributed by atoms with Gasteiger partial charge in [0.05, 0.1) is 11.5 Å². The van der Waals surface area contributed by atoms with Crippen LogP contribution in [0, 0.1) is 0 Å². The van der Waals surface area contributed by atoms with E-state index in [1.807, 2.05) is 12.1 Å². The molecule has 2 aromatic rings. The first kappa shape index (κ1) is 26.0. The van der Waals surface area contributed by atoms with E-state index in [1.54, 1.807) is 0 Å². The van der Waals surface area contributed by atoms with Gasteiger partial charge in [-0.05, 0) is 61.9 Å². The molecule has 1 fully saturated rings. The average Bonchev–Trinajstić information content (AvgIpc) is 3.45. The Morgan fingerprint density at radius 2 is 2.03 bits per heavy atom. The van der Waals surface area contributed by atoms with Gasteiger partial charge in [-0.3, -0.25) is 0 Å². The zero-order valence-electron chi connectivity index (χ0n) is 19.5. The number of aliphatic hydroxyl groups excluding tert-OH is 1. The van der Waals surface area contributed by atoms with E-state index >= 15 is 0 Å². The van der Waals surface area contributed by atoms with Gasteiger partial charge in [0.1, 0.15) is 11.5 Å². The number of aliphatic hydroxyl groups is 1. The van der Waals surface area contributed by atoms with E-state index in [2.05, 4.69) is 36.1 Å². The SMILES string of the molecule is CCCCC[C@@H](O)c1ccc(N2CCC(Cl)[C@@H]2CCCc2ccc(C(=O)OCCN)s2)cc1. The molecule has 1 unspecified atom stereocenters. The monoisotopic (exact) mass is 492 g/mol. The van der Waals surface area contributed by atoms with E-state index < -0.39 is 0 Å². The van der Waals surface area contributed by atoms with E-state index in [9.17, 15) is 9.90 Å². The zero-order valence-corrected chi connectivity index (χ0v) is 21.1. The van der Waals surface area contributed by atoms with Crippen LogP contribution in [0.5, 0.6) is 0 Å². The Kier molecular flexibility index (Phi) is 10.5. The van der Waals surface area contributed by atoms with Crippen molar-refractivity contribution in [3.05, 3.63) is 51.7 Å². The van der Waals surface area contributed by atoms with E-state index in [0.717, 1.165) is 63.5 Å². The quantitative estimate of drug-likeness (QED) is 0.213. The minimum Gasteiger partial charge on any atom is -0.460 e. The van der Waals surface area contributed by atoms with Crippen molar-refractivity contribution < 1.29 is 14.6 Å². The summed E-state index contributed by atoms with van der Waals surface area (Å²) >= 11 is 8.20. The van der Waals surface area contributed by atoms with E-state index in [-0.39, 0.29) is 24.1 Å². The van der Waals surface area contributed by atoms with Gasteiger partial charge in [0.25, 0.3) is 0 Å². The van der Waals surface area contributed by atoms with E-state index in [1.165, 1.54) is 21.9 Å². The van der Waals surface area contributed by atoms with Gasteiger partial charge >= 0.3 is 5.97 Å². The number of carbonyl (C=O) groups is 1. The molecule has 1 aliphatic heterocycles. The van der Waals surface area contributed by atoms with Gasteiger partial charge in [0, 0.05) is 29.7 Å². The molecule has 0 radical (unpaired) electrons. The van der Waals surface area contributed by atoms with Gasteiger partial charge in [-0.1, -0.05) is 38.3 Å². The number of ether oxygens (including phenoxy) is 1. The fourth-order valence-corrected chi connectivity index (χ4v) is 5.75. The van der Waals surface area contributed by atoms with Crippen LogP contribution < -0.4 is 10.6 Å². The lowest BCUT2D eigenvalue weighted by molar-refractivity contribution is 0.0522. The normalized spacial score (nSPS) is 19.1. The first-order valence-corrected chi connectivity index (χ1v) is 13.4. The number of carbonyl (C=O) groups excluding carboxylic acids is 1. The Balaban J connectivity index is 1.52. The van der Waals surface area contributed by atoms with Crippen molar-refractivity contribution in [2.24, 2.45) is 5.73 Å². The molecule has 1 aliphatic rings. The summed E-state index contributed by atoms with van der Waals surface area (Å²) in [5, 5.41) is 10.6. The Morgan fingerprint density at radius 3 is 2.76 bits per heavy atom. The maximum atomic E-state index is 12.0. The highest BCUT2D eigenvalue weighted by Crippen LogP contribution is 2.33. The van der Waals surface area contributed by atoms with Gasteiger partial charge in [-0.2, -0.15) is 0 Å². The third-order valence-electron chi connectivity index (χ3n) is 6.29. The first-order chi connectivity index (χ1) is 16.0. The predicted octanol–water partition coefficient (Wildman–Crippen LogP) is 5.69. The molecule has 1 aromatic carbocycles. The Morgan fingerprint density at radius 1 is 1.24 bits per heavy atom. The molecule has 1 aromatic heterocycles.